The van der Waals surface area contributed by atoms with E-state index in [0.717, 1.165) is 50.1 Å². The van der Waals surface area contributed by atoms with Crippen molar-refractivity contribution in [3.63, 3.8) is 0 Å². The molecule has 118 valence electrons. The third-order valence-electron chi connectivity index (χ3n) is 6.94. The Kier molecular flexibility index (Phi) is 3.52. The molecule has 3 nitrogen and oxygen atoms in total. The second-order valence-electron chi connectivity index (χ2n) is 8.58. The lowest BCUT2D eigenvalue weighted by molar-refractivity contribution is -0.140. The molecule has 3 heteroatoms. The maximum atomic E-state index is 12.8. The van der Waals surface area contributed by atoms with E-state index in [1.165, 1.54) is 38.5 Å². The molecule has 0 aromatic rings. The van der Waals surface area contributed by atoms with Crippen LogP contribution < -0.4 is 5.32 Å². The highest BCUT2D eigenvalue weighted by atomic mass is 16.2. The number of nitrogens with zero attached hydrogens (tertiary/aromatic N) is 1. The number of piperidine rings is 1. The number of amides is 1. The minimum absolute atomic E-state index is 0.396. The molecule has 5 rings (SSSR count). The van der Waals surface area contributed by atoms with Gasteiger partial charge in [0.05, 0.1) is 0 Å². The van der Waals surface area contributed by atoms with Crippen LogP contribution in [0.15, 0.2) is 0 Å². The highest BCUT2D eigenvalue weighted by molar-refractivity contribution is 5.77. The van der Waals surface area contributed by atoms with Gasteiger partial charge in [-0.2, -0.15) is 0 Å². The van der Waals surface area contributed by atoms with Crippen molar-refractivity contribution in [2.45, 2.75) is 63.8 Å². The van der Waals surface area contributed by atoms with E-state index in [9.17, 15) is 4.79 Å². The third kappa shape index (κ3) is 2.62. The topological polar surface area (TPSA) is 32.3 Å². The van der Waals surface area contributed by atoms with Gasteiger partial charge in [-0.25, -0.2) is 0 Å². The number of rotatable bonds is 3. The molecule has 0 atom stereocenters. The van der Waals surface area contributed by atoms with E-state index < -0.39 is 0 Å². The predicted octanol–water partition coefficient (Wildman–Crippen LogP) is 2.80. The van der Waals surface area contributed by atoms with E-state index in [-0.39, 0.29) is 0 Å². The molecular weight excluding hydrogens is 260 g/mol. The van der Waals surface area contributed by atoms with Crippen molar-refractivity contribution in [1.29, 1.82) is 0 Å². The van der Waals surface area contributed by atoms with Gasteiger partial charge in [-0.15, -0.1) is 0 Å². The highest BCUT2D eigenvalue weighted by Gasteiger charge is 2.51. The van der Waals surface area contributed by atoms with Crippen LogP contribution in [0.1, 0.15) is 57.8 Å². The van der Waals surface area contributed by atoms with E-state index >= 15 is 0 Å². The summed E-state index contributed by atoms with van der Waals surface area (Å²) in [6.45, 7) is 2.14. The Balaban J connectivity index is 1.42. The SMILES string of the molecule is CN(C(=O)CC12CC3CC(CC(C3)C1)C2)C1CCNCC1. The van der Waals surface area contributed by atoms with Gasteiger partial charge in [-0.05, 0) is 87.6 Å². The molecule has 0 radical (unpaired) electrons. The Labute approximate surface area is 128 Å². The Bertz CT molecular complexity index is 378. The molecule has 21 heavy (non-hydrogen) atoms. The standard InChI is InChI=1S/C18H30N2O/c1-20(16-2-4-19-5-3-16)17(21)12-18-9-13-6-14(10-18)8-15(7-13)11-18/h13-16,19H,2-12H2,1H3. The Morgan fingerprint density at radius 3 is 2.10 bits per heavy atom. The van der Waals surface area contributed by atoms with E-state index in [1.54, 1.807) is 0 Å². The molecule has 0 aromatic carbocycles. The minimum atomic E-state index is 0.396. The molecule has 1 heterocycles. The summed E-state index contributed by atoms with van der Waals surface area (Å²) in [6.07, 6.45) is 11.6. The maximum Gasteiger partial charge on any atom is 0.223 e. The minimum Gasteiger partial charge on any atom is -0.343 e. The van der Waals surface area contributed by atoms with Crippen molar-refractivity contribution < 1.29 is 4.79 Å². The molecule has 5 aliphatic rings. The first kappa shape index (κ1) is 14.0. The zero-order valence-electron chi connectivity index (χ0n) is 13.4. The van der Waals surface area contributed by atoms with Gasteiger partial charge in [-0.3, -0.25) is 4.79 Å². The van der Waals surface area contributed by atoms with Crippen LogP contribution >= 0.6 is 0 Å². The van der Waals surface area contributed by atoms with Crippen molar-refractivity contribution in [1.82, 2.24) is 10.2 Å². The van der Waals surface area contributed by atoms with Gasteiger partial charge in [0, 0.05) is 19.5 Å². The molecule has 4 saturated carbocycles. The van der Waals surface area contributed by atoms with Crippen LogP contribution in [0, 0.1) is 23.2 Å². The van der Waals surface area contributed by atoms with E-state index in [0.29, 0.717) is 17.4 Å². The predicted molar refractivity (Wildman–Crippen MR) is 83.9 cm³/mol. The van der Waals surface area contributed by atoms with Gasteiger partial charge in [0.2, 0.25) is 5.91 Å². The van der Waals surface area contributed by atoms with E-state index in [4.69, 9.17) is 0 Å². The molecule has 0 aromatic heterocycles. The van der Waals surface area contributed by atoms with Gasteiger partial charge < -0.3 is 10.2 Å². The zero-order valence-corrected chi connectivity index (χ0v) is 13.4. The summed E-state index contributed by atoms with van der Waals surface area (Å²) in [5, 5.41) is 3.40. The summed E-state index contributed by atoms with van der Waals surface area (Å²) >= 11 is 0. The van der Waals surface area contributed by atoms with Crippen molar-refractivity contribution in [2.24, 2.45) is 23.2 Å². The van der Waals surface area contributed by atoms with Crippen molar-refractivity contribution in [3.05, 3.63) is 0 Å². The van der Waals surface area contributed by atoms with Crippen molar-refractivity contribution >= 4 is 5.91 Å². The fraction of sp³-hybridized carbons (Fsp3) is 0.944. The molecule has 4 aliphatic carbocycles. The van der Waals surface area contributed by atoms with Gasteiger partial charge in [0.15, 0.2) is 0 Å². The Morgan fingerprint density at radius 1 is 1.05 bits per heavy atom. The number of nitrogens with one attached hydrogen (secondary N) is 1. The lowest BCUT2D eigenvalue weighted by Gasteiger charge is -2.57. The smallest absolute Gasteiger partial charge is 0.223 e. The summed E-state index contributed by atoms with van der Waals surface area (Å²) in [4.78, 5) is 14.9. The molecule has 4 bridgehead atoms. The van der Waals surface area contributed by atoms with E-state index in [2.05, 4.69) is 17.3 Å². The number of carbonyl (C=O) groups excluding carboxylic acids is 1. The maximum absolute atomic E-state index is 12.8. The van der Waals surface area contributed by atoms with Crippen LogP contribution in [0.5, 0.6) is 0 Å². The molecule has 1 amide bonds. The fourth-order valence-corrected chi connectivity index (χ4v) is 6.35. The van der Waals surface area contributed by atoms with Gasteiger partial charge in [0.1, 0.15) is 0 Å². The molecule has 0 unspecified atom stereocenters. The monoisotopic (exact) mass is 290 g/mol. The van der Waals surface area contributed by atoms with Crippen LogP contribution in [0.25, 0.3) is 0 Å². The summed E-state index contributed by atoms with van der Waals surface area (Å²) in [5.41, 5.74) is 0.396. The average molecular weight is 290 g/mol. The van der Waals surface area contributed by atoms with Crippen LogP contribution in [0.4, 0.5) is 0 Å². The molecule has 0 spiro atoms. The lowest BCUT2D eigenvalue weighted by atomic mass is 9.49. The van der Waals surface area contributed by atoms with Gasteiger partial charge >= 0.3 is 0 Å². The largest absolute Gasteiger partial charge is 0.343 e. The lowest BCUT2D eigenvalue weighted by Crippen LogP contribution is -2.50. The number of carbonyl (C=O) groups is 1. The molecule has 5 fully saturated rings. The summed E-state index contributed by atoms with van der Waals surface area (Å²) < 4.78 is 0. The molecule has 1 N–H and O–H groups in total. The van der Waals surface area contributed by atoms with Crippen LogP contribution in [-0.2, 0) is 4.79 Å². The highest BCUT2D eigenvalue weighted by Crippen LogP contribution is 2.61. The molecule has 1 aliphatic heterocycles. The first-order valence-corrected chi connectivity index (χ1v) is 9.10. The first-order chi connectivity index (χ1) is 10.1. The fourth-order valence-electron chi connectivity index (χ4n) is 6.35. The summed E-state index contributed by atoms with van der Waals surface area (Å²) in [7, 11) is 2.05. The summed E-state index contributed by atoms with van der Waals surface area (Å²) in [5.74, 6) is 3.29. The van der Waals surface area contributed by atoms with E-state index in [1.807, 2.05) is 0 Å². The second-order valence-corrected chi connectivity index (χ2v) is 8.58. The Morgan fingerprint density at radius 2 is 1.57 bits per heavy atom. The quantitative estimate of drug-likeness (QED) is 0.867. The average Bonchev–Trinajstić information content (AvgIpc) is 2.45. The zero-order chi connectivity index (χ0) is 14.4. The normalized spacial score (nSPS) is 42.2. The molecule has 1 saturated heterocycles. The van der Waals surface area contributed by atoms with Gasteiger partial charge in [0.25, 0.3) is 0 Å². The van der Waals surface area contributed by atoms with Crippen molar-refractivity contribution in [2.75, 3.05) is 20.1 Å². The van der Waals surface area contributed by atoms with Crippen LogP contribution in [0.3, 0.4) is 0 Å². The van der Waals surface area contributed by atoms with Crippen LogP contribution in [-0.4, -0.2) is 37.0 Å². The summed E-state index contributed by atoms with van der Waals surface area (Å²) in [6, 6.07) is 0.479. The third-order valence-corrected chi connectivity index (χ3v) is 6.94. The first-order valence-electron chi connectivity index (χ1n) is 9.10. The number of hydrogen-bond donors (Lipinski definition) is 1. The second kappa shape index (κ2) is 5.26. The molecular formula is C18H30N2O. The van der Waals surface area contributed by atoms with Crippen LogP contribution in [0.2, 0.25) is 0 Å². The number of hydrogen-bond acceptors (Lipinski definition) is 2. The Hall–Kier alpha value is -0.570. The van der Waals surface area contributed by atoms with Gasteiger partial charge in [-0.1, -0.05) is 0 Å². The van der Waals surface area contributed by atoms with Crippen molar-refractivity contribution in [3.8, 4) is 0 Å².